The zero-order valence-corrected chi connectivity index (χ0v) is 8.02. The molecule has 0 aromatic heterocycles. The Balaban J connectivity index is 4.14. The summed E-state index contributed by atoms with van der Waals surface area (Å²) in [6.45, 7) is 5.92. The summed E-state index contributed by atoms with van der Waals surface area (Å²) < 4.78 is 4.86. The quantitative estimate of drug-likeness (QED) is 0.474. The van der Waals surface area contributed by atoms with Gasteiger partial charge in [-0.2, -0.15) is 0 Å². The molecule has 2 heteroatoms. The summed E-state index contributed by atoms with van der Waals surface area (Å²) in [6.07, 6.45) is 6.55. The maximum Gasteiger partial charge on any atom is 0.312 e. The maximum atomic E-state index is 11.4. The van der Waals surface area contributed by atoms with Gasteiger partial charge in [-0.15, -0.1) is 6.42 Å². The highest BCUT2D eigenvalue weighted by Crippen LogP contribution is 2.26. The predicted molar refractivity (Wildman–Crippen MR) is 48.5 cm³/mol. The molecule has 0 saturated carbocycles. The second-order valence-corrected chi connectivity index (χ2v) is 3.05. The lowest BCUT2D eigenvalue weighted by molar-refractivity contribution is -0.153. The molecule has 0 saturated heterocycles. The van der Waals surface area contributed by atoms with E-state index in [4.69, 9.17) is 11.2 Å². The number of ether oxygens (including phenoxy) is 1. The minimum absolute atomic E-state index is 0.0778. The average molecular weight is 168 g/mol. The molecule has 0 unspecified atom stereocenters. The van der Waals surface area contributed by atoms with Crippen molar-refractivity contribution in [1.29, 1.82) is 0 Å². The molecule has 0 spiro atoms. The number of terminal acetylenes is 1. The first-order valence-corrected chi connectivity index (χ1v) is 4.21. The number of esters is 1. The van der Waals surface area contributed by atoms with Crippen LogP contribution in [0.4, 0.5) is 0 Å². The highest BCUT2D eigenvalue weighted by molar-refractivity contribution is 5.76. The first-order valence-electron chi connectivity index (χ1n) is 4.21. The highest BCUT2D eigenvalue weighted by atomic mass is 16.5. The van der Waals surface area contributed by atoms with Crippen molar-refractivity contribution in [3.63, 3.8) is 0 Å². The zero-order valence-electron chi connectivity index (χ0n) is 8.02. The van der Waals surface area contributed by atoms with Crippen molar-refractivity contribution < 1.29 is 9.53 Å². The molecule has 0 N–H and O–H groups in total. The molecule has 0 radical (unpaired) electrons. The van der Waals surface area contributed by atoms with Crippen LogP contribution in [0.5, 0.6) is 0 Å². The van der Waals surface area contributed by atoms with Crippen molar-refractivity contribution in [3.05, 3.63) is 0 Å². The van der Waals surface area contributed by atoms with Crippen molar-refractivity contribution in [1.82, 2.24) is 0 Å². The molecule has 0 aliphatic rings. The molecule has 0 aromatic rings. The molecule has 68 valence electrons. The molecule has 0 amide bonds. The van der Waals surface area contributed by atoms with Gasteiger partial charge >= 0.3 is 5.97 Å². The van der Waals surface area contributed by atoms with Gasteiger partial charge in [0, 0.05) is 0 Å². The first-order chi connectivity index (χ1) is 5.60. The highest BCUT2D eigenvalue weighted by Gasteiger charge is 2.30. The average Bonchev–Trinajstić information content (AvgIpc) is 2.12. The molecule has 12 heavy (non-hydrogen) atoms. The molecular weight excluding hydrogens is 152 g/mol. The Morgan fingerprint density at radius 1 is 1.50 bits per heavy atom. The lowest BCUT2D eigenvalue weighted by atomic mass is 9.85. The summed E-state index contributed by atoms with van der Waals surface area (Å²) in [5.41, 5.74) is -0.364. The predicted octanol–water partition coefficient (Wildman–Crippen LogP) is 1.99. The van der Waals surface area contributed by atoms with Crippen molar-refractivity contribution in [2.24, 2.45) is 5.41 Å². The lowest BCUT2D eigenvalue weighted by Gasteiger charge is -2.23. The molecule has 0 heterocycles. The van der Waals surface area contributed by atoms with E-state index in [2.05, 4.69) is 5.92 Å². The topological polar surface area (TPSA) is 26.3 Å². The Kier molecular flexibility index (Phi) is 4.43. The van der Waals surface area contributed by atoms with Gasteiger partial charge in [-0.1, -0.05) is 19.8 Å². The van der Waals surface area contributed by atoms with Gasteiger partial charge < -0.3 is 4.74 Å². The molecule has 2 nitrogen and oxygen atoms in total. The third kappa shape index (κ3) is 2.58. The summed E-state index contributed by atoms with van der Waals surface area (Å²) in [6, 6.07) is 0. The summed E-state index contributed by atoms with van der Waals surface area (Å²) in [4.78, 5) is 11.4. The van der Waals surface area contributed by atoms with Crippen LogP contribution in [0.3, 0.4) is 0 Å². The fraction of sp³-hybridized carbons (Fsp3) is 0.700. The number of hydrogen-bond acceptors (Lipinski definition) is 2. The largest absolute Gasteiger partial charge is 0.452 e. The van der Waals surface area contributed by atoms with Crippen molar-refractivity contribution >= 4 is 5.97 Å². The van der Waals surface area contributed by atoms with E-state index in [1.54, 1.807) is 0 Å². The molecule has 0 rings (SSSR count). The number of carbonyl (C=O) groups is 1. The smallest absolute Gasteiger partial charge is 0.312 e. The molecule has 0 aliphatic heterocycles. The van der Waals surface area contributed by atoms with Gasteiger partial charge in [0.05, 0.1) is 5.41 Å². The van der Waals surface area contributed by atoms with Crippen LogP contribution >= 0.6 is 0 Å². The zero-order chi connectivity index (χ0) is 9.61. The van der Waals surface area contributed by atoms with Crippen LogP contribution in [0.15, 0.2) is 0 Å². The van der Waals surface area contributed by atoms with Gasteiger partial charge in [-0.25, -0.2) is 0 Å². The molecule has 0 aromatic carbocycles. The second kappa shape index (κ2) is 4.82. The van der Waals surface area contributed by atoms with E-state index >= 15 is 0 Å². The number of rotatable bonds is 4. The minimum atomic E-state index is -0.364. The van der Waals surface area contributed by atoms with Crippen LogP contribution in [-0.2, 0) is 9.53 Å². The van der Waals surface area contributed by atoms with Crippen molar-refractivity contribution in [2.75, 3.05) is 6.61 Å². The minimum Gasteiger partial charge on any atom is -0.452 e. The van der Waals surface area contributed by atoms with E-state index < -0.39 is 0 Å². The second-order valence-electron chi connectivity index (χ2n) is 3.05. The molecule has 0 aliphatic carbocycles. The van der Waals surface area contributed by atoms with Crippen LogP contribution in [0, 0.1) is 17.8 Å². The Hall–Kier alpha value is -0.970. The van der Waals surface area contributed by atoms with E-state index in [1.807, 2.05) is 20.8 Å². The molecule has 0 atom stereocenters. The van der Waals surface area contributed by atoms with E-state index in [0.29, 0.717) is 0 Å². The summed E-state index contributed by atoms with van der Waals surface area (Å²) in [7, 11) is 0. The fourth-order valence-electron chi connectivity index (χ4n) is 0.820. The van der Waals surface area contributed by atoms with Gasteiger partial charge in [0.1, 0.15) is 0 Å². The third-order valence-electron chi connectivity index (χ3n) is 2.34. The monoisotopic (exact) mass is 168 g/mol. The van der Waals surface area contributed by atoms with E-state index in [9.17, 15) is 4.79 Å². The fourth-order valence-corrected chi connectivity index (χ4v) is 0.820. The normalized spacial score (nSPS) is 10.5. The lowest BCUT2D eigenvalue weighted by Crippen LogP contribution is -2.28. The van der Waals surface area contributed by atoms with Crippen LogP contribution in [0.2, 0.25) is 0 Å². The standard InChI is InChI=1S/C10H16O2/c1-5-8-12-9(11)10(4,6-2)7-3/h1H,6-8H2,2-4H3. The number of carbonyl (C=O) groups excluding carboxylic acids is 1. The van der Waals surface area contributed by atoms with Crippen LogP contribution in [-0.4, -0.2) is 12.6 Å². The summed E-state index contributed by atoms with van der Waals surface area (Å²) >= 11 is 0. The van der Waals surface area contributed by atoms with Gasteiger partial charge in [0.2, 0.25) is 0 Å². The van der Waals surface area contributed by atoms with E-state index in [0.717, 1.165) is 12.8 Å². The SMILES string of the molecule is C#CCOC(=O)C(C)(CC)CC. The summed E-state index contributed by atoms with van der Waals surface area (Å²) in [5, 5.41) is 0. The Morgan fingerprint density at radius 2 is 2.00 bits per heavy atom. The third-order valence-corrected chi connectivity index (χ3v) is 2.34. The van der Waals surface area contributed by atoms with Gasteiger partial charge in [-0.3, -0.25) is 4.79 Å². The Morgan fingerprint density at radius 3 is 2.33 bits per heavy atom. The molecule has 0 bridgehead atoms. The Labute approximate surface area is 74.3 Å². The van der Waals surface area contributed by atoms with Gasteiger partial charge in [0.15, 0.2) is 6.61 Å². The van der Waals surface area contributed by atoms with Gasteiger partial charge in [-0.05, 0) is 19.8 Å². The van der Waals surface area contributed by atoms with Crippen LogP contribution in [0.25, 0.3) is 0 Å². The molecule has 0 fully saturated rings. The molecular formula is C10H16O2. The number of hydrogen-bond donors (Lipinski definition) is 0. The Bertz CT molecular complexity index is 185. The van der Waals surface area contributed by atoms with Crippen LogP contribution < -0.4 is 0 Å². The van der Waals surface area contributed by atoms with Crippen molar-refractivity contribution in [2.45, 2.75) is 33.6 Å². The maximum absolute atomic E-state index is 11.4. The van der Waals surface area contributed by atoms with Gasteiger partial charge in [0.25, 0.3) is 0 Å². The van der Waals surface area contributed by atoms with Crippen LogP contribution in [0.1, 0.15) is 33.6 Å². The first kappa shape index (κ1) is 11.0. The van der Waals surface area contributed by atoms with Crippen molar-refractivity contribution in [3.8, 4) is 12.3 Å². The summed E-state index contributed by atoms with van der Waals surface area (Å²) in [5.74, 6) is 2.09. The van der Waals surface area contributed by atoms with E-state index in [1.165, 1.54) is 0 Å². The van der Waals surface area contributed by atoms with E-state index in [-0.39, 0.29) is 18.0 Å².